The second kappa shape index (κ2) is 30.8. The molecule has 0 radical (unpaired) electrons. The van der Waals surface area contributed by atoms with Crippen molar-refractivity contribution in [3.63, 3.8) is 0 Å². The number of β-lactam (4-membered cyclic amide) rings is 1. The number of oxime groups is 1. The van der Waals surface area contributed by atoms with Gasteiger partial charge in [0.2, 0.25) is 6.61 Å². The van der Waals surface area contributed by atoms with Crippen LogP contribution in [0.2, 0.25) is 0 Å². The standard InChI is InChI=1S/C81H64N8O7S4/c90-68(95-72(55-31-11-1-12-32-55)56-33-13-2-14-34-56)52-94-87-69(65-53-98-79(83-65)85-81(62-45-25-8-26-46-62,63-47-27-9-28-48-63)64-49-29-10-30-50-64)74(91)84-70-75(92)89-71(77(93)96-73(57-35-15-3-16-36-57)58-37-17-4-18-38-58)66(54-97-76(70)89)99-78(100-67-51-82-88-86-67)80(59-39-19-5-20-40-59,60-41-21-6-22-42-60)61-43-23-7-24-44-61/h1-51,53,70,72-73,76,78H,52,54H2,(H,83,85)(H,84,91)(H,82,86,88)/b87-69-/t70-,76-,78?/m1/s1. The van der Waals surface area contributed by atoms with Gasteiger partial charge in [0.1, 0.15) is 33.4 Å². The van der Waals surface area contributed by atoms with Crippen LogP contribution in [0.4, 0.5) is 5.13 Å². The van der Waals surface area contributed by atoms with E-state index in [0.717, 1.165) is 55.6 Å². The Labute approximate surface area is 595 Å². The van der Waals surface area contributed by atoms with Crippen LogP contribution < -0.4 is 10.6 Å². The Hall–Kier alpha value is -11.1. The van der Waals surface area contributed by atoms with E-state index >= 15 is 14.4 Å². The van der Waals surface area contributed by atoms with Crippen molar-refractivity contribution >= 4 is 81.2 Å². The Morgan fingerprint density at radius 2 is 0.980 bits per heavy atom. The molecule has 14 rings (SSSR count). The van der Waals surface area contributed by atoms with Crippen molar-refractivity contribution < 1.29 is 33.5 Å². The van der Waals surface area contributed by atoms with Gasteiger partial charge in [-0.25, -0.2) is 14.6 Å². The highest BCUT2D eigenvalue weighted by atomic mass is 32.2. The molecule has 15 nitrogen and oxygen atoms in total. The SMILES string of the molecule is O=C(CO/N=C(\C(=O)N[C@@H]1C(=O)N2C(C(=O)OC(c3ccccc3)c3ccccc3)=C(SC(Sc3c[nH]nn3)C(c3ccccc3)(c3ccccc3)c3ccccc3)CS[C@H]12)c1csc(NC(c2ccccc2)(c2ccccc2)c2ccccc2)n1)OC(c1ccccc1)c1ccccc1. The predicted molar refractivity (Wildman–Crippen MR) is 394 cm³/mol. The summed E-state index contributed by atoms with van der Waals surface area (Å²) in [6.45, 7) is -0.699. The lowest BCUT2D eigenvalue weighted by atomic mass is 9.70. The molecule has 3 N–H and O–H groups in total. The predicted octanol–water partition coefficient (Wildman–Crippen LogP) is 15.5. The van der Waals surface area contributed by atoms with Crippen LogP contribution in [0.25, 0.3) is 0 Å². The summed E-state index contributed by atoms with van der Waals surface area (Å²) in [4.78, 5) is 74.0. The van der Waals surface area contributed by atoms with Crippen LogP contribution in [0.5, 0.6) is 0 Å². The molecule has 2 amide bonds. The van der Waals surface area contributed by atoms with Crippen molar-refractivity contribution in [1.29, 1.82) is 0 Å². The third-order valence-corrected chi connectivity index (χ3v) is 22.4. The van der Waals surface area contributed by atoms with Gasteiger partial charge in [-0.15, -0.1) is 40.0 Å². The molecule has 0 saturated carbocycles. The highest BCUT2D eigenvalue weighted by molar-refractivity contribution is 8.19. The van der Waals surface area contributed by atoms with Gasteiger partial charge in [-0.3, -0.25) is 19.6 Å². The molecule has 2 aromatic heterocycles. The highest BCUT2D eigenvalue weighted by Gasteiger charge is 2.56. The Bertz CT molecular complexity index is 4520. The Morgan fingerprint density at radius 1 is 0.560 bits per heavy atom. The van der Waals surface area contributed by atoms with Gasteiger partial charge in [-0.05, 0) is 55.6 Å². The van der Waals surface area contributed by atoms with Gasteiger partial charge < -0.3 is 24.9 Å². The van der Waals surface area contributed by atoms with Crippen molar-refractivity contribution in [2.24, 2.45) is 5.16 Å². The zero-order chi connectivity index (χ0) is 68.1. The number of carbonyl (C=O) groups is 4. The number of aromatic amines is 1. The first kappa shape index (κ1) is 66.2. The minimum atomic E-state index is -1.21. The van der Waals surface area contributed by atoms with Crippen LogP contribution in [-0.4, -0.2) is 83.1 Å². The highest BCUT2D eigenvalue weighted by Crippen LogP contribution is 2.56. The zero-order valence-electron chi connectivity index (χ0n) is 53.5. The van der Waals surface area contributed by atoms with Crippen LogP contribution in [0.3, 0.4) is 0 Å². The number of benzene rings is 10. The first-order chi connectivity index (χ1) is 49.3. The number of nitrogens with zero attached hydrogens (tertiary/aromatic N) is 5. The Balaban J connectivity index is 0.840. The summed E-state index contributed by atoms with van der Waals surface area (Å²) in [5.74, 6) is -2.72. The lowest BCUT2D eigenvalue weighted by molar-refractivity contribution is -0.154. The number of carbonyl (C=O) groups excluding carboxylic acids is 4. The van der Waals surface area contributed by atoms with Crippen molar-refractivity contribution in [3.8, 4) is 0 Å². The number of ether oxygens (including phenoxy) is 2. The smallest absolute Gasteiger partial charge is 0.356 e. The monoisotopic (exact) mass is 1390 g/mol. The summed E-state index contributed by atoms with van der Waals surface area (Å²) >= 11 is 5.57. The maximum absolute atomic E-state index is 16.0. The van der Waals surface area contributed by atoms with E-state index in [-0.39, 0.29) is 22.9 Å². The van der Waals surface area contributed by atoms with Gasteiger partial charge >= 0.3 is 11.9 Å². The average Bonchev–Trinajstić information content (AvgIpc) is 0.783. The van der Waals surface area contributed by atoms with Crippen molar-refractivity contribution in [1.82, 2.24) is 30.6 Å². The molecule has 1 saturated heterocycles. The lowest BCUT2D eigenvalue weighted by Crippen LogP contribution is -2.71. The van der Waals surface area contributed by atoms with Crippen LogP contribution >= 0.6 is 46.6 Å². The van der Waals surface area contributed by atoms with E-state index in [9.17, 15) is 4.79 Å². The number of H-pyrrole nitrogens is 1. The summed E-state index contributed by atoms with van der Waals surface area (Å²) in [6.07, 6.45) is 0.0699. The maximum atomic E-state index is 16.0. The molecule has 100 heavy (non-hydrogen) atoms. The first-order valence-corrected chi connectivity index (χ1v) is 36.0. The molecule has 494 valence electrons. The van der Waals surface area contributed by atoms with Crippen LogP contribution in [0.1, 0.15) is 73.5 Å². The summed E-state index contributed by atoms with van der Waals surface area (Å²) in [5, 5.41) is 24.6. The Morgan fingerprint density at radius 3 is 1.41 bits per heavy atom. The molecule has 1 unspecified atom stereocenters. The van der Waals surface area contributed by atoms with Crippen molar-refractivity contribution in [2.45, 2.75) is 44.2 Å². The molecular weight excluding hydrogens is 1330 g/mol. The van der Waals surface area contributed by atoms with E-state index in [2.05, 4.69) is 67.6 Å². The Kier molecular flexibility index (Phi) is 20.4. The molecule has 2 aliphatic heterocycles. The molecule has 12 aromatic rings. The molecule has 19 heteroatoms. The molecule has 3 atom stereocenters. The number of aromatic nitrogens is 4. The largest absolute Gasteiger partial charge is 0.450 e. The molecule has 4 heterocycles. The van der Waals surface area contributed by atoms with E-state index in [1.807, 2.05) is 267 Å². The molecule has 2 aliphatic rings. The normalized spacial score (nSPS) is 14.9. The topological polar surface area (TPSA) is 190 Å². The zero-order valence-corrected chi connectivity index (χ0v) is 56.8. The van der Waals surface area contributed by atoms with Gasteiger partial charge in [-0.2, -0.15) is 0 Å². The van der Waals surface area contributed by atoms with Gasteiger partial charge in [0.15, 0.2) is 23.1 Å². The molecule has 0 aliphatic carbocycles. The molecular formula is C81H64N8O7S4. The minimum Gasteiger partial charge on any atom is -0.450 e. The van der Waals surface area contributed by atoms with Crippen molar-refractivity contribution in [3.05, 3.63) is 387 Å². The summed E-state index contributed by atoms with van der Waals surface area (Å²) < 4.78 is 12.3. The maximum Gasteiger partial charge on any atom is 0.356 e. The van der Waals surface area contributed by atoms with Crippen LogP contribution in [-0.2, 0) is 44.4 Å². The number of fused-ring (bicyclic) bond motifs is 1. The fourth-order valence-electron chi connectivity index (χ4n) is 12.8. The number of thiazole rings is 1. The van der Waals surface area contributed by atoms with Gasteiger partial charge in [-0.1, -0.05) is 325 Å². The summed E-state index contributed by atoms with van der Waals surface area (Å²) in [7, 11) is 0. The quantitative estimate of drug-likeness (QED) is 0.00883. The first-order valence-electron chi connectivity index (χ1n) is 32.3. The van der Waals surface area contributed by atoms with E-state index in [1.54, 1.807) is 11.6 Å². The molecule has 0 bridgehead atoms. The second-order valence-corrected chi connectivity index (χ2v) is 28.0. The number of nitrogens with one attached hydrogen (secondary N) is 3. The third-order valence-electron chi connectivity index (χ3n) is 17.4. The van der Waals surface area contributed by atoms with E-state index in [4.69, 9.17) is 19.3 Å². The lowest BCUT2D eigenvalue weighted by Gasteiger charge is -2.50. The third kappa shape index (κ3) is 13.9. The fourth-order valence-corrected chi connectivity index (χ4v) is 18.2. The molecule has 10 aromatic carbocycles. The summed E-state index contributed by atoms with van der Waals surface area (Å²) in [5.41, 5.74) is 6.40. The van der Waals surface area contributed by atoms with E-state index < -0.39 is 69.5 Å². The number of anilines is 1. The van der Waals surface area contributed by atoms with Gasteiger partial charge in [0.25, 0.3) is 11.8 Å². The van der Waals surface area contributed by atoms with E-state index in [1.165, 1.54) is 51.5 Å². The number of rotatable bonds is 26. The van der Waals surface area contributed by atoms with Crippen LogP contribution in [0.15, 0.2) is 336 Å². The van der Waals surface area contributed by atoms with Crippen LogP contribution in [0, 0.1) is 0 Å². The minimum absolute atomic E-state index is 0.0314. The van der Waals surface area contributed by atoms with Gasteiger partial charge in [0, 0.05) is 16.0 Å². The molecule has 1 fully saturated rings. The summed E-state index contributed by atoms with van der Waals surface area (Å²) in [6, 6.07) is 97.3. The van der Waals surface area contributed by atoms with Gasteiger partial charge in [0.05, 0.1) is 16.2 Å². The van der Waals surface area contributed by atoms with E-state index in [0.29, 0.717) is 15.1 Å². The number of hydrogen-bond acceptors (Lipinski definition) is 16. The average molecular weight is 1390 g/mol. The number of esters is 2. The second-order valence-electron chi connectivity index (χ2n) is 23.4. The van der Waals surface area contributed by atoms with Crippen molar-refractivity contribution in [2.75, 3.05) is 17.7 Å². The number of amides is 2. The number of thioether (sulfide) groups is 3. The fraction of sp³-hybridized carbons (Fsp3) is 0.111. The molecule has 0 spiro atoms. The number of hydrogen-bond donors (Lipinski definition) is 3.